The number of carbonyl (C=O) groups excluding carboxylic acids is 1. The molecule has 2 aromatic heterocycles. The van der Waals surface area contributed by atoms with Crippen molar-refractivity contribution < 1.29 is 14.3 Å². The minimum absolute atomic E-state index is 0.209. The van der Waals surface area contributed by atoms with E-state index in [9.17, 15) is 4.79 Å². The summed E-state index contributed by atoms with van der Waals surface area (Å²) >= 11 is 0. The van der Waals surface area contributed by atoms with E-state index in [-0.39, 0.29) is 5.57 Å². The van der Waals surface area contributed by atoms with Crippen LogP contribution in [0.3, 0.4) is 0 Å². The molecular weight excluding hydrogens is 442 g/mol. The molecule has 0 aliphatic carbocycles. The SMILES string of the molecule is C=C(C(N)=O)c1cccc(Oc2cccc3nc(Nc4ccc(Oc5ccccc5)cc4)nn23)c1. The van der Waals surface area contributed by atoms with Crippen molar-refractivity contribution in [3.63, 3.8) is 0 Å². The molecule has 1 amide bonds. The summed E-state index contributed by atoms with van der Waals surface area (Å²) in [7, 11) is 0. The first-order chi connectivity index (χ1) is 17.0. The first kappa shape index (κ1) is 21.7. The first-order valence-electron chi connectivity index (χ1n) is 10.8. The number of rotatable bonds is 8. The molecule has 0 saturated heterocycles. The van der Waals surface area contributed by atoms with Crippen LogP contribution in [0.25, 0.3) is 11.2 Å². The predicted octanol–water partition coefficient (Wildman–Crippen LogP) is 5.56. The molecule has 0 atom stereocenters. The first-order valence-corrected chi connectivity index (χ1v) is 10.8. The van der Waals surface area contributed by atoms with Crippen molar-refractivity contribution in [2.24, 2.45) is 5.73 Å². The van der Waals surface area contributed by atoms with Gasteiger partial charge in [0.05, 0.1) is 0 Å². The topological polar surface area (TPSA) is 104 Å². The number of nitrogens with one attached hydrogen (secondary N) is 1. The third-order valence-electron chi connectivity index (χ3n) is 5.12. The average Bonchev–Trinajstić information content (AvgIpc) is 3.29. The van der Waals surface area contributed by atoms with Crippen LogP contribution < -0.4 is 20.5 Å². The van der Waals surface area contributed by atoms with Crippen LogP contribution in [0.5, 0.6) is 23.1 Å². The van der Waals surface area contributed by atoms with E-state index in [4.69, 9.17) is 15.2 Å². The number of ether oxygens (including phenoxy) is 2. The maximum Gasteiger partial charge on any atom is 0.248 e. The molecule has 5 rings (SSSR count). The van der Waals surface area contributed by atoms with Crippen LogP contribution in [0.1, 0.15) is 5.56 Å². The van der Waals surface area contributed by atoms with E-state index in [1.54, 1.807) is 34.8 Å². The van der Waals surface area contributed by atoms with Gasteiger partial charge in [0.25, 0.3) is 0 Å². The summed E-state index contributed by atoms with van der Waals surface area (Å²) in [6.45, 7) is 3.72. The van der Waals surface area contributed by atoms with Crippen LogP contribution in [0.4, 0.5) is 11.6 Å². The quantitative estimate of drug-likeness (QED) is 0.292. The fourth-order valence-electron chi connectivity index (χ4n) is 3.38. The summed E-state index contributed by atoms with van der Waals surface area (Å²) in [6, 6.07) is 29.5. The molecule has 3 N–H and O–H groups in total. The number of hydrogen-bond donors (Lipinski definition) is 2. The lowest BCUT2D eigenvalue weighted by atomic mass is 10.1. The van der Waals surface area contributed by atoms with Crippen molar-refractivity contribution in [3.8, 4) is 23.1 Å². The second-order valence-corrected chi connectivity index (χ2v) is 7.61. The molecule has 0 aliphatic rings. The highest BCUT2D eigenvalue weighted by Crippen LogP contribution is 2.27. The number of primary amides is 1. The summed E-state index contributed by atoms with van der Waals surface area (Å²) < 4.78 is 13.4. The zero-order chi connectivity index (χ0) is 24.2. The van der Waals surface area contributed by atoms with E-state index >= 15 is 0 Å². The zero-order valence-corrected chi connectivity index (χ0v) is 18.6. The smallest absolute Gasteiger partial charge is 0.248 e. The molecule has 0 bridgehead atoms. The van der Waals surface area contributed by atoms with Crippen LogP contribution in [-0.2, 0) is 4.79 Å². The Balaban J connectivity index is 1.33. The van der Waals surface area contributed by atoms with Gasteiger partial charge in [-0.1, -0.05) is 43.0 Å². The van der Waals surface area contributed by atoms with Crippen LogP contribution in [0.2, 0.25) is 0 Å². The van der Waals surface area contributed by atoms with Crippen molar-refractivity contribution in [2.75, 3.05) is 5.32 Å². The monoisotopic (exact) mass is 463 g/mol. The Bertz CT molecular complexity index is 1510. The van der Waals surface area contributed by atoms with Gasteiger partial charge in [-0.25, -0.2) is 0 Å². The van der Waals surface area contributed by atoms with Gasteiger partial charge in [-0.2, -0.15) is 9.50 Å². The number of para-hydroxylation sites is 1. The van der Waals surface area contributed by atoms with E-state index < -0.39 is 5.91 Å². The Morgan fingerprint density at radius 3 is 2.31 bits per heavy atom. The molecule has 0 saturated carbocycles. The minimum atomic E-state index is -0.587. The fraction of sp³-hybridized carbons (Fsp3) is 0. The summed E-state index contributed by atoms with van der Waals surface area (Å²) in [4.78, 5) is 16.0. The Labute approximate surface area is 201 Å². The fourth-order valence-corrected chi connectivity index (χ4v) is 3.38. The number of pyridine rings is 1. The largest absolute Gasteiger partial charge is 0.457 e. The molecule has 35 heavy (non-hydrogen) atoms. The predicted molar refractivity (Wildman–Crippen MR) is 134 cm³/mol. The van der Waals surface area contributed by atoms with E-state index in [0.717, 1.165) is 17.2 Å². The molecule has 0 radical (unpaired) electrons. The molecule has 172 valence electrons. The second-order valence-electron chi connectivity index (χ2n) is 7.61. The van der Waals surface area contributed by atoms with Gasteiger partial charge in [0.1, 0.15) is 17.2 Å². The van der Waals surface area contributed by atoms with Crippen molar-refractivity contribution in [1.29, 1.82) is 0 Å². The zero-order valence-electron chi connectivity index (χ0n) is 18.6. The van der Waals surface area contributed by atoms with E-state index in [1.807, 2.05) is 66.7 Å². The molecule has 2 heterocycles. The maximum atomic E-state index is 11.4. The highest BCUT2D eigenvalue weighted by molar-refractivity contribution is 6.17. The Kier molecular flexibility index (Phi) is 5.83. The van der Waals surface area contributed by atoms with Gasteiger partial charge < -0.3 is 20.5 Å². The lowest BCUT2D eigenvalue weighted by Gasteiger charge is -2.09. The minimum Gasteiger partial charge on any atom is -0.457 e. The number of nitrogens with zero attached hydrogens (tertiary/aromatic N) is 3. The van der Waals surface area contributed by atoms with Gasteiger partial charge >= 0.3 is 0 Å². The molecule has 8 heteroatoms. The average molecular weight is 463 g/mol. The standard InChI is InChI=1S/C27H21N5O3/c1-18(26(28)33)19-7-5-10-23(17-19)35-25-12-6-11-24-30-27(31-32(24)25)29-20-13-15-22(16-14-20)34-21-8-3-2-4-9-21/h2-17H,1H2,(H2,28,33)(H,29,31). The molecular formula is C27H21N5O3. The van der Waals surface area contributed by atoms with Gasteiger partial charge in [-0.15, -0.1) is 5.10 Å². The van der Waals surface area contributed by atoms with Gasteiger partial charge in [-0.05, 0) is 60.2 Å². The third-order valence-corrected chi connectivity index (χ3v) is 5.12. The lowest BCUT2D eigenvalue weighted by molar-refractivity contribution is -0.112. The van der Waals surface area contributed by atoms with E-state index in [1.165, 1.54) is 0 Å². The van der Waals surface area contributed by atoms with Crippen molar-refractivity contribution in [1.82, 2.24) is 14.6 Å². The normalized spacial score (nSPS) is 10.6. The van der Waals surface area contributed by atoms with Crippen LogP contribution in [-0.4, -0.2) is 20.5 Å². The number of hydrogen-bond acceptors (Lipinski definition) is 6. The third kappa shape index (κ3) is 4.96. The molecule has 8 nitrogen and oxygen atoms in total. The van der Waals surface area contributed by atoms with Crippen molar-refractivity contribution in [3.05, 3.63) is 109 Å². The number of anilines is 2. The maximum absolute atomic E-state index is 11.4. The highest BCUT2D eigenvalue weighted by atomic mass is 16.5. The molecule has 0 unspecified atom stereocenters. The van der Waals surface area contributed by atoms with E-state index in [0.29, 0.717) is 28.8 Å². The van der Waals surface area contributed by atoms with E-state index in [2.05, 4.69) is 22.0 Å². The van der Waals surface area contributed by atoms with Crippen LogP contribution >= 0.6 is 0 Å². The van der Waals surface area contributed by atoms with Gasteiger partial charge in [0.2, 0.25) is 17.7 Å². The van der Waals surface area contributed by atoms with Crippen molar-refractivity contribution >= 4 is 28.8 Å². The number of nitrogens with two attached hydrogens (primary N) is 1. The molecule has 3 aromatic carbocycles. The van der Waals surface area contributed by atoms with Gasteiger partial charge in [0, 0.05) is 17.3 Å². The van der Waals surface area contributed by atoms with Crippen LogP contribution in [0.15, 0.2) is 104 Å². The second kappa shape index (κ2) is 9.40. The number of aromatic nitrogens is 3. The summed E-state index contributed by atoms with van der Waals surface area (Å²) in [5.41, 5.74) is 7.54. The molecule has 0 aliphatic heterocycles. The Morgan fingerprint density at radius 1 is 0.829 bits per heavy atom. The van der Waals surface area contributed by atoms with Crippen molar-refractivity contribution in [2.45, 2.75) is 0 Å². The molecule has 5 aromatic rings. The lowest BCUT2D eigenvalue weighted by Crippen LogP contribution is -2.11. The number of fused-ring (bicyclic) bond motifs is 1. The summed E-state index contributed by atoms with van der Waals surface area (Å²) in [5.74, 6) is 2.28. The molecule has 0 spiro atoms. The number of carbonyl (C=O) groups is 1. The molecule has 0 fully saturated rings. The summed E-state index contributed by atoms with van der Waals surface area (Å²) in [6.07, 6.45) is 0. The van der Waals surface area contributed by atoms with Gasteiger partial charge in [-0.3, -0.25) is 4.79 Å². The highest BCUT2D eigenvalue weighted by Gasteiger charge is 2.11. The Morgan fingerprint density at radius 2 is 1.54 bits per heavy atom. The summed E-state index contributed by atoms with van der Waals surface area (Å²) in [5, 5.41) is 7.72. The van der Waals surface area contributed by atoms with Gasteiger partial charge in [0.15, 0.2) is 5.65 Å². The Hall–Kier alpha value is -5.11. The number of amides is 1. The van der Waals surface area contributed by atoms with Crippen LogP contribution in [0, 0.1) is 0 Å². The number of benzene rings is 3.